The molecule has 4 aromatic rings. The smallest absolute Gasteiger partial charge is 0.261 e. The van der Waals surface area contributed by atoms with Crippen LogP contribution in [0, 0.1) is 0 Å². The van der Waals surface area contributed by atoms with Crippen LogP contribution in [0.2, 0.25) is 0 Å². The Hall–Kier alpha value is -3.28. The summed E-state index contributed by atoms with van der Waals surface area (Å²) >= 11 is 0. The van der Waals surface area contributed by atoms with Gasteiger partial charge in [-0.3, -0.25) is 9.59 Å². The maximum atomic E-state index is 12.5. The van der Waals surface area contributed by atoms with Crippen molar-refractivity contribution in [1.29, 1.82) is 0 Å². The highest BCUT2D eigenvalue weighted by Crippen LogP contribution is 2.15. The molecule has 22 heavy (non-hydrogen) atoms. The van der Waals surface area contributed by atoms with Gasteiger partial charge in [0, 0.05) is 10.8 Å². The van der Waals surface area contributed by atoms with E-state index in [4.69, 9.17) is 0 Å². The van der Waals surface area contributed by atoms with Crippen LogP contribution < -0.4 is 0 Å². The molecular weight excluding hydrogens is 280 g/mol. The molecule has 0 aliphatic rings. The minimum Gasteiger partial charge on any atom is -0.261 e. The number of para-hydroxylation sites is 2. The van der Waals surface area contributed by atoms with Crippen LogP contribution in [-0.4, -0.2) is 31.4 Å². The maximum absolute atomic E-state index is 12.5. The SMILES string of the molecule is O=C(C(=O)n1ncc2ccccc21)n1ncc2ccccc21. The average molecular weight is 290 g/mol. The molecule has 6 nitrogen and oxygen atoms in total. The predicted octanol–water partition coefficient (Wildman–Crippen LogP) is 2.37. The van der Waals surface area contributed by atoms with E-state index in [0.717, 1.165) is 20.1 Å². The number of fused-ring (bicyclic) bond motifs is 2. The Morgan fingerprint density at radius 1 is 0.682 bits per heavy atom. The molecule has 0 fully saturated rings. The van der Waals surface area contributed by atoms with Crippen molar-refractivity contribution in [2.45, 2.75) is 0 Å². The van der Waals surface area contributed by atoms with E-state index in [1.54, 1.807) is 36.7 Å². The van der Waals surface area contributed by atoms with Crippen molar-refractivity contribution in [2.24, 2.45) is 0 Å². The number of carbonyl (C=O) groups is 2. The van der Waals surface area contributed by atoms with Gasteiger partial charge in [-0.1, -0.05) is 36.4 Å². The minimum atomic E-state index is -0.741. The third-order valence-corrected chi connectivity index (χ3v) is 3.52. The number of nitrogens with zero attached hydrogens (tertiary/aromatic N) is 4. The van der Waals surface area contributed by atoms with E-state index in [9.17, 15) is 9.59 Å². The number of hydrogen-bond donors (Lipinski definition) is 0. The highest BCUT2D eigenvalue weighted by atomic mass is 16.2. The van der Waals surface area contributed by atoms with Gasteiger partial charge in [-0.2, -0.15) is 19.6 Å². The summed E-state index contributed by atoms with van der Waals surface area (Å²) in [6, 6.07) is 14.4. The van der Waals surface area contributed by atoms with Gasteiger partial charge in [0.2, 0.25) is 0 Å². The molecule has 4 rings (SSSR count). The van der Waals surface area contributed by atoms with E-state index in [-0.39, 0.29) is 0 Å². The van der Waals surface area contributed by atoms with Gasteiger partial charge in [0.15, 0.2) is 0 Å². The van der Waals surface area contributed by atoms with Gasteiger partial charge in [0.25, 0.3) is 0 Å². The topological polar surface area (TPSA) is 69.8 Å². The fraction of sp³-hybridized carbons (Fsp3) is 0. The fourth-order valence-corrected chi connectivity index (χ4v) is 2.45. The summed E-state index contributed by atoms with van der Waals surface area (Å²) in [6.45, 7) is 0. The zero-order chi connectivity index (χ0) is 15.1. The first kappa shape index (κ1) is 12.5. The van der Waals surface area contributed by atoms with Crippen LogP contribution in [0.5, 0.6) is 0 Å². The highest BCUT2D eigenvalue weighted by molar-refractivity contribution is 6.38. The molecule has 0 saturated heterocycles. The van der Waals surface area contributed by atoms with E-state index in [0.29, 0.717) is 11.0 Å². The molecule has 0 unspecified atom stereocenters. The molecule has 0 N–H and O–H groups in total. The normalized spacial score (nSPS) is 11.1. The molecule has 0 amide bonds. The lowest BCUT2D eigenvalue weighted by Gasteiger charge is -2.03. The number of hydrogen-bond acceptors (Lipinski definition) is 4. The molecule has 2 heterocycles. The summed E-state index contributed by atoms with van der Waals surface area (Å²) in [5, 5.41) is 9.62. The first-order valence-corrected chi connectivity index (χ1v) is 6.70. The molecule has 0 bridgehead atoms. The molecule has 0 radical (unpaired) electrons. The van der Waals surface area contributed by atoms with E-state index >= 15 is 0 Å². The van der Waals surface area contributed by atoms with Crippen molar-refractivity contribution in [2.75, 3.05) is 0 Å². The van der Waals surface area contributed by atoms with E-state index in [2.05, 4.69) is 10.2 Å². The van der Waals surface area contributed by atoms with Gasteiger partial charge >= 0.3 is 11.8 Å². The first-order chi connectivity index (χ1) is 10.8. The molecule has 0 saturated carbocycles. The van der Waals surface area contributed by atoms with Crippen molar-refractivity contribution < 1.29 is 9.59 Å². The highest BCUT2D eigenvalue weighted by Gasteiger charge is 2.23. The van der Waals surface area contributed by atoms with Gasteiger partial charge in [0.1, 0.15) is 0 Å². The van der Waals surface area contributed by atoms with Gasteiger partial charge in [-0.05, 0) is 12.1 Å². The predicted molar refractivity (Wildman–Crippen MR) is 80.7 cm³/mol. The Labute approximate surface area is 124 Å². The van der Waals surface area contributed by atoms with Crippen LogP contribution in [0.3, 0.4) is 0 Å². The van der Waals surface area contributed by atoms with Crippen LogP contribution in [0.15, 0.2) is 60.9 Å². The lowest BCUT2D eigenvalue weighted by Crippen LogP contribution is -2.28. The fourth-order valence-electron chi connectivity index (χ4n) is 2.45. The molecule has 2 aromatic carbocycles. The summed E-state index contributed by atoms with van der Waals surface area (Å²) in [6.07, 6.45) is 3.11. The summed E-state index contributed by atoms with van der Waals surface area (Å²) < 4.78 is 2.21. The second-order valence-electron chi connectivity index (χ2n) is 4.84. The van der Waals surface area contributed by atoms with Crippen LogP contribution >= 0.6 is 0 Å². The van der Waals surface area contributed by atoms with Crippen molar-refractivity contribution in [3.05, 3.63) is 60.9 Å². The molecule has 0 aliphatic carbocycles. The number of benzene rings is 2. The molecular formula is C16H10N4O2. The van der Waals surface area contributed by atoms with Gasteiger partial charge in [-0.15, -0.1) is 0 Å². The third kappa shape index (κ3) is 1.74. The lowest BCUT2D eigenvalue weighted by molar-refractivity contribution is 0.0704. The summed E-state index contributed by atoms with van der Waals surface area (Å²) in [5.74, 6) is -1.48. The van der Waals surface area contributed by atoms with Crippen LogP contribution in [0.1, 0.15) is 9.59 Å². The molecule has 0 atom stereocenters. The summed E-state index contributed by atoms with van der Waals surface area (Å²) in [7, 11) is 0. The van der Waals surface area contributed by atoms with E-state index in [1.807, 2.05) is 24.3 Å². The van der Waals surface area contributed by atoms with Gasteiger partial charge < -0.3 is 0 Å². The standard InChI is InChI=1S/C16H10N4O2/c21-15(19-13-7-3-1-5-11(13)9-17-19)16(22)20-14-8-4-2-6-12(14)10-18-20/h1-10H. The second kappa shape index (κ2) is 4.63. The summed E-state index contributed by atoms with van der Waals surface area (Å²) in [5.41, 5.74) is 1.19. The van der Waals surface area contributed by atoms with Gasteiger partial charge in [-0.25, -0.2) is 0 Å². The quantitative estimate of drug-likeness (QED) is 0.466. The summed E-state index contributed by atoms with van der Waals surface area (Å²) in [4.78, 5) is 24.9. The van der Waals surface area contributed by atoms with Crippen molar-refractivity contribution in [1.82, 2.24) is 19.6 Å². The molecule has 2 aromatic heterocycles. The Balaban J connectivity index is 1.81. The molecule has 106 valence electrons. The maximum Gasteiger partial charge on any atom is 0.339 e. The Kier molecular flexibility index (Phi) is 2.62. The third-order valence-electron chi connectivity index (χ3n) is 3.52. The number of rotatable bonds is 0. The van der Waals surface area contributed by atoms with Crippen molar-refractivity contribution >= 4 is 33.6 Å². The average Bonchev–Trinajstić information content (AvgIpc) is 3.17. The number of aromatic nitrogens is 4. The van der Waals surface area contributed by atoms with Crippen LogP contribution in [0.25, 0.3) is 21.8 Å². The second-order valence-corrected chi connectivity index (χ2v) is 4.84. The zero-order valence-electron chi connectivity index (χ0n) is 11.4. The molecule has 6 heteroatoms. The minimum absolute atomic E-state index is 0.595. The Morgan fingerprint density at radius 2 is 1.09 bits per heavy atom. The van der Waals surface area contributed by atoms with E-state index in [1.165, 1.54) is 0 Å². The Bertz CT molecular complexity index is 945. The van der Waals surface area contributed by atoms with E-state index < -0.39 is 11.8 Å². The molecule has 0 spiro atoms. The Morgan fingerprint density at radius 3 is 1.55 bits per heavy atom. The monoisotopic (exact) mass is 290 g/mol. The van der Waals surface area contributed by atoms with Crippen molar-refractivity contribution in [3.8, 4) is 0 Å². The lowest BCUT2D eigenvalue weighted by atomic mass is 10.2. The zero-order valence-corrected chi connectivity index (χ0v) is 11.4. The number of carbonyl (C=O) groups excluding carboxylic acids is 2. The van der Waals surface area contributed by atoms with Crippen LogP contribution in [-0.2, 0) is 0 Å². The van der Waals surface area contributed by atoms with Crippen molar-refractivity contribution in [3.63, 3.8) is 0 Å². The van der Waals surface area contributed by atoms with Crippen LogP contribution in [0.4, 0.5) is 0 Å². The molecule has 0 aliphatic heterocycles. The largest absolute Gasteiger partial charge is 0.339 e. The van der Waals surface area contributed by atoms with Gasteiger partial charge in [0.05, 0.1) is 23.4 Å². The first-order valence-electron chi connectivity index (χ1n) is 6.70.